The average molecular weight is 305 g/mol. The molecule has 7 heteroatoms. The highest BCUT2D eigenvalue weighted by Crippen LogP contribution is 2.34. The Morgan fingerprint density at radius 2 is 2.45 bits per heavy atom. The molecule has 2 aromatic rings. The third kappa shape index (κ3) is 2.54. The average Bonchev–Trinajstić information content (AvgIpc) is 3.15. The molecule has 0 aliphatic carbocycles. The minimum Gasteiger partial charge on any atom is -0.465 e. The van der Waals surface area contributed by atoms with Crippen molar-refractivity contribution in [3.63, 3.8) is 0 Å². The van der Waals surface area contributed by atoms with Crippen LogP contribution in [0.15, 0.2) is 44.3 Å². The van der Waals surface area contributed by atoms with Gasteiger partial charge < -0.3 is 4.42 Å². The molecule has 0 aromatic carbocycles. The van der Waals surface area contributed by atoms with Gasteiger partial charge in [-0.2, -0.15) is 4.99 Å². The van der Waals surface area contributed by atoms with Crippen LogP contribution in [0.3, 0.4) is 0 Å². The molecule has 1 aliphatic heterocycles. The first-order chi connectivity index (χ1) is 9.78. The predicted molar refractivity (Wildman–Crippen MR) is 80.9 cm³/mol. The number of furan rings is 1. The molecule has 0 unspecified atom stereocenters. The maximum atomic E-state index is 12.3. The van der Waals surface area contributed by atoms with Gasteiger partial charge in [0.15, 0.2) is 5.17 Å². The zero-order valence-corrected chi connectivity index (χ0v) is 12.3. The van der Waals surface area contributed by atoms with Gasteiger partial charge in [0, 0.05) is 24.2 Å². The van der Waals surface area contributed by atoms with Crippen molar-refractivity contribution in [3.8, 4) is 0 Å². The summed E-state index contributed by atoms with van der Waals surface area (Å²) < 4.78 is 5.24. The summed E-state index contributed by atoms with van der Waals surface area (Å²) in [6, 6.07) is 3.60. The van der Waals surface area contributed by atoms with E-state index in [9.17, 15) is 4.79 Å². The van der Waals surface area contributed by atoms with Crippen molar-refractivity contribution in [3.05, 3.63) is 40.6 Å². The highest BCUT2D eigenvalue weighted by molar-refractivity contribution is 8.18. The Kier molecular flexibility index (Phi) is 3.70. The number of likely N-dealkylation sites (N-methyl/N-ethyl adjacent to an activating group) is 1. The van der Waals surface area contributed by atoms with E-state index in [0.717, 1.165) is 0 Å². The number of thiazole rings is 1. The molecular formula is C13H11N3O2S2. The van der Waals surface area contributed by atoms with Crippen LogP contribution < -0.4 is 0 Å². The number of amides is 1. The van der Waals surface area contributed by atoms with Gasteiger partial charge >= 0.3 is 0 Å². The molecule has 20 heavy (non-hydrogen) atoms. The largest absolute Gasteiger partial charge is 0.465 e. The number of aliphatic imine (C=N–C) groups is 1. The SMILES string of the molecule is CCN1C(=O)/C(=C\c2ccco2)S/C1=N/c1nccs1. The normalized spacial score (nSPS) is 19.4. The number of thioether (sulfide) groups is 1. The van der Waals surface area contributed by atoms with Crippen LogP contribution in [0.4, 0.5) is 5.13 Å². The minimum atomic E-state index is -0.0517. The molecule has 0 bridgehead atoms. The van der Waals surface area contributed by atoms with E-state index in [-0.39, 0.29) is 5.91 Å². The number of nitrogens with zero attached hydrogens (tertiary/aromatic N) is 3. The fraction of sp³-hybridized carbons (Fsp3) is 0.154. The summed E-state index contributed by atoms with van der Waals surface area (Å²) in [5.41, 5.74) is 0. The number of rotatable bonds is 3. The molecule has 0 saturated carbocycles. The summed E-state index contributed by atoms with van der Waals surface area (Å²) in [7, 11) is 0. The maximum absolute atomic E-state index is 12.3. The van der Waals surface area contributed by atoms with Crippen LogP contribution in [-0.2, 0) is 4.79 Å². The predicted octanol–water partition coefficient (Wildman–Crippen LogP) is 3.36. The fourth-order valence-corrected chi connectivity index (χ4v) is 3.31. The van der Waals surface area contributed by atoms with Gasteiger partial charge in [-0.15, -0.1) is 11.3 Å². The molecule has 3 rings (SSSR count). The number of amidine groups is 1. The van der Waals surface area contributed by atoms with Crippen molar-refractivity contribution in [2.45, 2.75) is 6.92 Å². The molecular weight excluding hydrogens is 294 g/mol. The van der Waals surface area contributed by atoms with Gasteiger partial charge in [-0.3, -0.25) is 9.69 Å². The van der Waals surface area contributed by atoms with E-state index in [4.69, 9.17) is 4.42 Å². The summed E-state index contributed by atoms with van der Waals surface area (Å²) in [6.45, 7) is 2.50. The molecule has 0 N–H and O–H groups in total. The Morgan fingerprint density at radius 1 is 1.55 bits per heavy atom. The lowest BCUT2D eigenvalue weighted by Gasteiger charge is -2.11. The Morgan fingerprint density at radius 3 is 3.10 bits per heavy atom. The summed E-state index contributed by atoms with van der Waals surface area (Å²) in [4.78, 5) is 23.1. The zero-order chi connectivity index (χ0) is 13.9. The number of carbonyl (C=O) groups is 1. The highest BCUT2D eigenvalue weighted by atomic mass is 32.2. The molecule has 3 heterocycles. The van der Waals surface area contributed by atoms with Crippen molar-refractivity contribution in [1.82, 2.24) is 9.88 Å². The summed E-state index contributed by atoms with van der Waals surface area (Å²) in [5, 5.41) is 3.17. The second-order valence-corrected chi connectivity index (χ2v) is 5.77. The van der Waals surface area contributed by atoms with Crippen molar-refractivity contribution in [1.29, 1.82) is 0 Å². The quantitative estimate of drug-likeness (QED) is 0.816. The molecule has 0 radical (unpaired) electrons. The van der Waals surface area contributed by atoms with Gasteiger partial charge in [-0.05, 0) is 30.8 Å². The van der Waals surface area contributed by atoms with Crippen LogP contribution in [0.5, 0.6) is 0 Å². The van der Waals surface area contributed by atoms with E-state index in [2.05, 4.69) is 9.98 Å². The van der Waals surface area contributed by atoms with Gasteiger partial charge in [0.2, 0.25) is 5.13 Å². The maximum Gasteiger partial charge on any atom is 0.266 e. The molecule has 5 nitrogen and oxygen atoms in total. The van der Waals surface area contributed by atoms with E-state index in [1.807, 2.05) is 18.4 Å². The molecule has 1 saturated heterocycles. The Hall–Kier alpha value is -1.86. The third-order valence-corrected chi connectivity index (χ3v) is 4.30. The first-order valence-electron chi connectivity index (χ1n) is 6.01. The number of hydrogen-bond acceptors (Lipinski definition) is 6. The van der Waals surface area contributed by atoms with Gasteiger partial charge in [0.25, 0.3) is 5.91 Å². The second kappa shape index (κ2) is 5.64. The molecule has 1 aliphatic rings. The van der Waals surface area contributed by atoms with Gasteiger partial charge in [-0.1, -0.05) is 0 Å². The molecule has 102 valence electrons. The molecule has 1 amide bonds. The Labute approximate surface area is 124 Å². The van der Waals surface area contributed by atoms with Crippen molar-refractivity contribution in [2.24, 2.45) is 4.99 Å². The van der Waals surface area contributed by atoms with E-state index in [1.54, 1.807) is 29.5 Å². The molecule has 2 aromatic heterocycles. The summed E-state index contributed by atoms with van der Waals surface area (Å²) >= 11 is 2.78. The number of hydrogen-bond donors (Lipinski definition) is 0. The van der Waals surface area contributed by atoms with Crippen molar-refractivity contribution < 1.29 is 9.21 Å². The highest BCUT2D eigenvalue weighted by Gasteiger charge is 2.32. The minimum absolute atomic E-state index is 0.0517. The second-order valence-electron chi connectivity index (χ2n) is 3.88. The number of aromatic nitrogens is 1. The van der Waals surface area contributed by atoms with Crippen molar-refractivity contribution in [2.75, 3.05) is 6.54 Å². The lowest BCUT2D eigenvalue weighted by Crippen LogP contribution is -2.28. The number of carbonyl (C=O) groups excluding carboxylic acids is 1. The lowest BCUT2D eigenvalue weighted by molar-refractivity contribution is -0.122. The summed E-state index contributed by atoms with van der Waals surface area (Å²) in [5.74, 6) is 0.608. The van der Waals surface area contributed by atoms with Crippen LogP contribution in [0, 0.1) is 0 Å². The van der Waals surface area contributed by atoms with E-state index in [0.29, 0.717) is 27.5 Å². The zero-order valence-electron chi connectivity index (χ0n) is 10.6. The fourth-order valence-electron chi connectivity index (χ4n) is 1.73. The molecule has 0 atom stereocenters. The molecule has 0 spiro atoms. The van der Waals surface area contributed by atoms with Gasteiger partial charge in [0.05, 0.1) is 11.2 Å². The van der Waals surface area contributed by atoms with Crippen LogP contribution in [0.25, 0.3) is 6.08 Å². The van der Waals surface area contributed by atoms with E-state index < -0.39 is 0 Å². The Bertz CT molecular complexity index is 660. The van der Waals surface area contributed by atoms with Crippen LogP contribution >= 0.6 is 23.1 Å². The smallest absolute Gasteiger partial charge is 0.266 e. The van der Waals surface area contributed by atoms with Crippen molar-refractivity contribution >= 4 is 45.4 Å². The van der Waals surface area contributed by atoms with Gasteiger partial charge in [-0.25, -0.2) is 4.98 Å². The Balaban J connectivity index is 1.92. The standard InChI is InChI=1S/C13H11N3O2S2/c1-2-16-11(17)10(8-9-4-3-6-18-9)20-13(16)15-12-14-5-7-19-12/h3-8H,2H2,1H3/b10-8+,15-13+. The van der Waals surface area contributed by atoms with Crippen LogP contribution in [0.2, 0.25) is 0 Å². The first-order valence-corrected chi connectivity index (χ1v) is 7.70. The third-order valence-electron chi connectivity index (χ3n) is 2.63. The lowest BCUT2D eigenvalue weighted by atomic mass is 10.3. The van der Waals surface area contributed by atoms with Crippen LogP contribution in [-0.4, -0.2) is 27.5 Å². The first kappa shape index (κ1) is 13.1. The summed E-state index contributed by atoms with van der Waals surface area (Å²) in [6.07, 6.45) is 5.01. The van der Waals surface area contributed by atoms with E-state index >= 15 is 0 Å². The topological polar surface area (TPSA) is 58.7 Å². The van der Waals surface area contributed by atoms with Crippen LogP contribution in [0.1, 0.15) is 12.7 Å². The monoisotopic (exact) mass is 305 g/mol. The van der Waals surface area contributed by atoms with E-state index in [1.165, 1.54) is 23.1 Å². The van der Waals surface area contributed by atoms with Gasteiger partial charge in [0.1, 0.15) is 5.76 Å². The molecule has 1 fully saturated rings.